The first-order valence-corrected chi connectivity index (χ1v) is 8.16. The number of carbonyl (C=O) groups is 2. The first-order chi connectivity index (χ1) is 11.6. The Balaban J connectivity index is 1.67. The van der Waals surface area contributed by atoms with Gasteiger partial charge in [-0.25, -0.2) is 0 Å². The molecule has 5 nitrogen and oxygen atoms in total. The van der Waals surface area contributed by atoms with Crippen LogP contribution in [0.2, 0.25) is 0 Å². The van der Waals surface area contributed by atoms with Crippen molar-refractivity contribution in [1.29, 1.82) is 0 Å². The third-order valence-corrected chi connectivity index (χ3v) is 4.04. The summed E-state index contributed by atoms with van der Waals surface area (Å²) in [5, 5.41) is 5.56. The van der Waals surface area contributed by atoms with E-state index < -0.39 is 0 Å². The summed E-state index contributed by atoms with van der Waals surface area (Å²) in [5.74, 6) is -0.307. The maximum absolute atomic E-state index is 12.4. The van der Waals surface area contributed by atoms with Gasteiger partial charge in [0, 0.05) is 42.6 Å². The number of hydrogen-bond acceptors (Lipinski definition) is 3. The van der Waals surface area contributed by atoms with Crippen LogP contribution in [0.25, 0.3) is 0 Å². The van der Waals surface area contributed by atoms with Crippen molar-refractivity contribution in [2.75, 3.05) is 28.6 Å². The Kier molecular flexibility index (Phi) is 4.79. The lowest BCUT2D eigenvalue weighted by molar-refractivity contribution is -0.114. The summed E-state index contributed by atoms with van der Waals surface area (Å²) in [6.45, 7) is 3.62. The zero-order valence-corrected chi connectivity index (χ0v) is 13.7. The lowest BCUT2D eigenvalue weighted by Crippen LogP contribution is -2.18. The van der Waals surface area contributed by atoms with Crippen LogP contribution in [0.1, 0.15) is 30.1 Å². The summed E-state index contributed by atoms with van der Waals surface area (Å²) in [6, 6.07) is 14.8. The van der Waals surface area contributed by atoms with Crippen LogP contribution in [-0.2, 0) is 4.79 Å². The van der Waals surface area contributed by atoms with Crippen molar-refractivity contribution in [3.63, 3.8) is 0 Å². The van der Waals surface area contributed by atoms with Gasteiger partial charge < -0.3 is 15.5 Å². The van der Waals surface area contributed by atoms with Gasteiger partial charge in [0.25, 0.3) is 5.91 Å². The largest absolute Gasteiger partial charge is 0.372 e. The Hall–Kier alpha value is -2.82. The monoisotopic (exact) mass is 323 g/mol. The van der Waals surface area contributed by atoms with E-state index in [0.29, 0.717) is 16.9 Å². The fourth-order valence-corrected chi connectivity index (χ4v) is 2.88. The van der Waals surface area contributed by atoms with Crippen molar-refractivity contribution in [1.82, 2.24) is 0 Å². The second-order valence-corrected chi connectivity index (χ2v) is 5.96. The number of nitrogens with zero attached hydrogens (tertiary/aromatic N) is 1. The van der Waals surface area contributed by atoms with Gasteiger partial charge in [-0.15, -0.1) is 0 Å². The molecule has 0 bridgehead atoms. The van der Waals surface area contributed by atoms with E-state index in [2.05, 4.69) is 15.5 Å². The molecule has 1 heterocycles. The summed E-state index contributed by atoms with van der Waals surface area (Å²) in [6.07, 6.45) is 2.46. The summed E-state index contributed by atoms with van der Waals surface area (Å²) in [5.41, 5.74) is 3.08. The van der Waals surface area contributed by atoms with Gasteiger partial charge in [0.15, 0.2) is 0 Å². The van der Waals surface area contributed by atoms with E-state index in [1.54, 1.807) is 24.3 Å². The first-order valence-electron chi connectivity index (χ1n) is 8.16. The minimum atomic E-state index is -0.164. The number of hydrogen-bond donors (Lipinski definition) is 2. The molecule has 1 aliphatic heterocycles. The molecule has 3 rings (SSSR count). The third-order valence-electron chi connectivity index (χ3n) is 4.04. The van der Waals surface area contributed by atoms with E-state index >= 15 is 0 Å². The van der Waals surface area contributed by atoms with Crippen molar-refractivity contribution in [3.05, 3.63) is 54.1 Å². The van der Waals surface area contributed by atoms with E-state index in [0.717, 1.165) is 18.8 Å². The van der Waals surface area contributed by atoms with Crippen LogP contribution in [0.15, 0.2) is 48.5 Å². The Labute approximate surface area is 141 Å². The van der Waals surface area contributed by atoms with Crippen molar-refractivity contribution >= 4 is 28.9 Å². The number of rotatable bonds is 4. The van der Waals surface area contributed by atoms with Crippen molar-refractivity contribution in [3.8, 4) is 0 Å². The van der Waals surface area contributed by atoms with Crippen LogP contribution >= 0.6 is 0 Å². The lowest BCUT2D eigenvalue weighted by atomic mass is 10.1. The van der Waals surface area contributed by atoms with Gasteiger partial charge in [-0.05, 0) is 55.3 Å². The third kappa shape index (κ3) is 3.93. The predicted octanol–water partition coefficient (Wildman–Crippen LogP) is 3.50. The van der Waals surface area contributed by atoms with Gasteiger partial charge >= 0.3 is 0 Å². The fraction of sp³-hybridized carbons (Fsp3) is 0.263. The molecule has 24 heavy (non-hydrogen) atoms. The number of amides is 2. The summed E-state index contributed by atoms with van der Waals surface area (Å²) in [4.78, 5) is 25.8. The molecule has 0 atom stereocenters. The number of nitrogens with one attached hydrogen (secondary N) is 2. The molecule has 1 aliphatic rings. The highest BCUT2D eigenvalue weighted by atomic mass is 16.2. The Morgan fingerprint density at radius 1 is 0.917 bits per heavy atom. The molecule has 1 saturated heterocycles. The summed E-state index contributed by atoms with van der Waals surface area (Å²) < 4.78 is 0. The van der Waals surface area contributed by atoms with Crippen LogP contribution in [0, 0.1) is 0 Å². The van der Waals surface area contributed by atoms with Gasteiger partial charge in [0.1, 0.15) is 0 Å². The van der Waals surface area contributed by atoms with Gasteiger partial charge in [0.2, 0.25) is 5.91 Å². The molecule has 0 aromatic heterocycles. The standard InChI is InChI=1S/C19H21N3O2/c1-14(23)20-16-5-4-6-17(13-16)21-19(24)15-7-9-18(10-8-15)22-11-2-3-12-22/h4-10,13H,2-3,11-12H2,1H3,(H,20,23)(H,21,24). The Morgan fingerprint density at radius 2 is 1.54 bits per heavy atom. The van der Waals surface area contributed by atoms with Crippen molar-refractivity contribution in [2.45, 2.75) is 19.8 Å². The molecular formula is C19H21N3O2. The van der Waals surface area contributed by atoms with Crippen molar-refractivity contribution in [2.24, 2.45) is 0 Å². The molecule has 0 aliphatic carbocycles. The Morgan fingerprint density at radius 3 is 2.17 bits per heavy atom. The van der Waals surface area contributed by atoms with Gasteiger partial charge in [-0.3, -0.25) is 9.59 Å². The average Bonchev–Trinajstić information content (AvgIpc) is 3.09. The fourth-order valence-electron chi connectivity index (χ4n) is 2.88. The zero-order valence-electron chi connectivity index (χ0n) is 13.7. The minimum absolute atomic E-state index is 0.143. The highest BCUT2D eigenvalue weighted by molar-refractivity contribution is 6.04. The molecule has 2 aromatic rings. The minimum Gasteiger partial charge on any atom is -0.372 e. The molecule has 2 aromatic carbocycles. The molecule has 124 valence electrons. The molecule has 5 heteroatoms. The van der Waals surface area contributed by atoms with E-state index in [1.807, 2.05) is 24.3 Å². The van der Waals surface area contributed by atoms with Crippen LogP contribution in [-0.4, -0.2) is 24.9 Å². The predicted molar refractivity (Wildman–Crippen MR) is 96.6 cm³/mol. The second-order valence-electron chi connectivity index (χ2n) is 5.96. The molecule has 0 unspecified atom stereocenters. The van der Waals surface area contributed by atoms with Crippen LogP contribution < -0.4 is 15.5 Å². The lowest BCUT2D eigenvalue weighted by Gasteiger charge is -2.17. The van der Waals surface area contributed by atoms with Crippen LogP contribution in [0.4, 0.5) is 17.1 Å². The molecule has 1 fully saturated rings. The molecule has 2 amide bonds. The summed E-state index contributed by atoms with van der Waals surface area (Å²) >= 11 is 0. The number of carbonyl (C=O) groups excluding carboxylic acids is 2. The average molecular weight is 323 g/mol. The molecule has 2 N–H and O–H groups in total. The van der Waals surface area contributed by atoms with Crippen molar-refractivity contribution < 1.29 is 9.59 Å². The SMILES string of the molecule is CC(=O)Nc1cccc(NC(=O)c2ccc(N3CCCC3)cc2)c1. The zero-order chi connectivity index (χ0) is 16.9. The maximum atomic E-state index is 12.4. The molecule has 0 spiro atoms. The maximum Gasteiger partial charge on any atom is 0.255 e. The van der Waals surface area contributed by atoms with Gasteiger partial charge in [-0.1, -0.05) is 6.07 Å². The number of benzene rings is 2. The van der Waals surface area contributed by atoms with E-state index in [9.17, 15) is 9.59 Å². The normalized spacial score (nSPS) is 13.6. The van der Waals surface area contributed by atoms with E-state index in [-0.39, 0.29) is 11.8 Å². The number of anilines is 3. The topological polar surface area (TPSA) is 61.4 Å². The van der Waals surface area contributed by atoms with E-state index in [4.69, 9.17) is 0 Å². The first kappa shape index (κ1) is 16.1. The van der Waals surface area contributed by atoms with Crippen LogP contribution in [0.5, 0.6) is 0 Å². The van der Waals surface area contributed by atoms with Crippen LogP contribution in [0.3, 0.4) is 0 Å². The van der Waals surface area contributed by atoms with E-state index in [1.165, 1.54) is 19.8 Å². The quantitative estimate of drug-likeness (QED) is 0.905. The molecule has 0 saturated carbocycles. The smallest absolute Gasteiger partial charge is 0.255 e. The highest BCUT2D eigenvalue weighted by Crippen LogP contribution is 2.21. The second kappa shape index (κ2) is 7.17. The van der Waals surface area contributed by atoms with Gasteiger partial charge in [0.05, 0.1) is 0 Å². The molecule has 0 radical (unpaired) electrons. The van der Waals surface area contributed by atoms with Gasteiger partial charge in [-0.2, -0.15) is 0 Å². The Bertz CT molecular complexity index is 735. The summed E-state index contributed by atoms with van der Waals surface area (Å²) in [7, 11) is 0. The highest BCUT2D eigenvalue weighted by Gasteiger charge is 2.13. The molecular weight excluding hydrogens is 302 g/mol.